The van der Waals surface area contributed by atoms with Crippen LogP contribution >= 0.6 is 0 Å². The summed E-state index contributed by atoms with van der Waals surface area (Å²) in [6, 6.07) is 3.64. The van der Waals surface area contributed by atoms with Gasteiger partial charge >= 0.3 is 0 Å². The first-order chi connectivity index (χ1) is 22.1. The van der Waals surface area contributed by atoms with Crippen molar-refractivity contribution in [2.24, 2.45) is 10.8 Å². The maximum atomic E-state index is 13.6. The molecule has 4 N–H and O–H groups in total. The van der Waals surface area contributed by atoms with Gasteiger partial charge < -0.3 is 24.8 Å². The van der Waals surface area contributed by atoms with E-state index in [2.05, 4.69) is 62.5 Å². The summed E-state index contributed by atoms with van der Waals surface area (Å²) in [5, 5.41) is 11.4. The first-order valence-corrected chi connectivity index (χ1v) is 16.8. The lowest BCUT2D eigenvalue weighted by Crippen LogP contribution is -2.57. The number of Topliss-reactive ketones (excluding diaryl/α,β-unsaturated/α-hetero) is 1. The van der Waals surface area contributed by atoms with E-state index >= 15 is 0 Å². The minimum Gasteiger partial charge on any atom is -0.351 e. The van der Waals surface area contributed by atoms with Crippen molar-refractivity contribution in [2.45, 2.75) is 127 Å². The lowest BCUT2D eigenvalue weighted by molar-refractivity contribution is -0.143. The Hall–Kier alpha value is -3.35. The molecule has 0 saturated carbocycles. The second kappa shape index (κ2) is 23.9. The van der Waals surface area contributed by atoms with Gasteiger partial charge in [-0.1, -0.05) is 102 Å². The molecule has 0 aliphatic carbocycles. The zero-order valence-electron chi connectivity index (χ0n) is 29.9. The Morgan fingerprint density at radius 2 is 1.61 bits per heavy atom. The lowest BCUT2D eigenvalue weighted by Gasteiger charge is -2.35. The fourth-order valence-corrected chi connectivity index (χ4v) is 5.02. The SMILES string of the molecule is C.C.C=CCNC(=O)C(=O)CNC(=O)[C@@H]1CCCN1C(=O)[C@@H](NCOCN[C@H](Cn1ccccc1=O)C(C)(C)C)C(C)(C)C.CCCCC. The molecule has 0 radical (unpaired) electrons. The summed E-state index contributed by atoms with van der Waals surface area (Å²) in [6.45, 7) is 20.8. The summed E-state index contributed by atoms with van der Waals surface area (Å²) >= 11 is 0. The Balaban J connectivity index is 0. The van der Waals surface area contributed by atoms with Gasteiger partial charge in [-0.2, -0.15) is 0 Å². The van der Waals surface area contributed by atoms with Crippen LogP contribution in [0.2, 0.25) is 0 Å². The van der Waals surface area contributed by atoms with Crippen LogP contribution in [0.3, 0.4) is 0 Å². The molecule has 282 valence electrons. The van der Waals surface area contributed by atoms with Crippen LogP contribution < -0.4 is 26.8 Å². The Kier molecular flexibility index (Phi) is 23.3. The molecule has 12 nitrogen and oxygen atoms in total. The largest absolute Gasteiger partial charge is 0.351 e. The van der Waals surface area contributed by atoms with Gasteiger partial charge in [0.15, 0.2) is 0 Å². The normalized spacial score (nSPS) is 15.3. The number of ketones is 1. The van der Waals surface area contributed by atoms with E-state index in [9.17, 15) is 24.0 Å². The number of hydrogen-bond donors (Lipinski definition) is 4. The fraction of sp³-hybridized carbons (Fsp3) is 0.703. The van der Waals surface area contributed by atoms with Crippen LogP contribution in [0.25, 0.3) is 0 Å². The van der Waals surface area contributed by atoms with Crippen molar-refractivity contribution in [2.75, 3.05) is 33.1 Å². The second-order valence-electron chi connectivity index (χ2n) is 14.0. The summed E-state index contributed by atoms with van der Waals surface area (Å²) < 4.78 is 7.47. The van der Waals surface area contributed by atoms with Crippen molar-refractivity contribution in [1.82, 2.24) is 30.7 Å². The third-order valence-corrected chi connectivity index (χ3v) is 7.89. The number of aromatic nitrogens is 1. The van der Waals surface area contributed by atoms with Crippen LogP contribution in [0, 0.1) is 10.8 Å². The highest BCUT2D eigenvalue weighted by Gasteiger charge is 2.41. The highest BCUT2D eigenvalue weighted by Crippen LogP contribution is 2.26. The number of pyridine rings is 1. The van der Waals surface area contributed by atoms with Gasteiger partial charge in [-0.15, -0.1) is 6.58 Å². The zero-order chi connectivity index (χ0) is 35.6. The number of unbranched alkanes of at least 4 members (excludes halogenated alkanes) is 2. The molecule has 1 aromatic rings. The minimum absolute atomic E-state index is 0. The molecule has 0 bridgehead atoms. The van der Waals surface area contributed by atoms with E-state index in [-0.39, 0.29) is 57.8 Å². The summed E-state index contributed by atoms with van der Waals surface area (Å²) in [5.74, 6) is -2.28. The summed E-state index contributed by atoms with van der Waals surface area (Å²) in [7, 11) is 0. The predicted octanol–water partition coefficient (Wildman–Crippen LogP) is 4.24. The number of nitrogens with zero attached hydrogens (tertiary/aromatic N) is 2. The van der Waals surface area contributed by atoms with Gasteiger partial charge in [-0.05, 0) is 29.7 Å². The number of hydrogen-bond acceptors (Lipinski definition) is 8. The highest BCUT2D eigenvalue weighted by molar-refractivity contribution is 6.37. The number of amides is 3. The average molecular weight is 693 g/mol. The van der Waals surface area contributed by atoms with Crippen molar-refractivity contribution in [3.63, 3.8) is 0 Å². The predicted molar refractivity (Wildman–Crippen MR) is 199 cm³/mol. The molecule has 2 heterocycles. The van der Waals surface area contributed by atoms with Crippen molar-refractivity contribution in [3.8, 4) is 0 Å². The molecule has 0 spiro atoms. The van der Waals surface area contributed by atoms with E-state index in [4.69, 9.17) is 4.74 Å². The zero-order valence-corrected chi connectivity index (χ0v) is 29.9. The number of nitrogens with one attached hydrogen (secondary N) is 4. The molecule has 1 saturated heterocycles. The van der Waals surface area contributed by atoms with Crippen LogP contribution in [0.15, 0.2) is 41.8 Å². The first-order valence-electron chi connectivity index (χ1n) is 16.8. The Labute approximate surface area is 296 Å². The molecule has 2 rings (SSSR count). The van der Waals surface area contributed by atoms with E-state index < -0.39 is 41.6 Å². The minimum atomic E-state index is -0.802. The van der Waals surface area contributed by atoms with E-state index in [1.807, 2.05) is 26.8 Å². The standard InChI is InChI=1S/C30H48N6O6.C5H12.2CH4/c1-8-14-31-27(40)22(37)17-32-26(39)21-12-11-16-36(21)28(41)25(30(5,6)7)34-20-42-19-33-23(29(2,3)4)18-35-15-10-9-13-24(35)38;1-3-5-4-2;;/h8-10,13,15,21,23,25,33-34H,1,11-12,14,16-20H2,2-7H3,(H,31,40)(H,32,39);3-5H2,1-2H3;2*1H4/t21-,23+,25+;;;/m0.../s1. The van der Waals surface area contributed by atoms with Crippen molar-refractivity contribution < 1.29 is 23.9 Å². The molecule has 1 fully saturated rings. The summed E-state index contributed by atoms with van der Waals surface area (Å²) in [6.07, 6.45) is 8.39. The van der Waals surface area contributed by atoms with Gasteiger partial charge in [0.05, 0.1) is 26.0 Å². The maximum absolute atomic E-state index is 13.6. The van der Waals surface area contributed by atoms with E-state index in [0.717, 1.165) is 0 Å². The van der Waals surface area contributed by atoms with Gasteiger partial charge in [-0.25, -0.2) is 0 Å². The quantitative estimate of drug-likeness (QED) is 0.0820. The highest BCUT2D eigenvalue weighted by atomic mass is 16.5. The molecule has 12 heteroatoms. The van der Waals surface area contributed by atoms with E-state index in [1.54, 1.807) is 16.8 Å². The number of carbonyl (C=O) groups excluding carboxylic acids is 4. The molecule has 3 atom stereocenters. The molecule has 1 aromatic heterocycles. The van der Waals surface area contributed by atoms with Crippen LogP contribution in [0.5, 0.6) is 0 Å². The fourth-order valence-electron chi connectivity index (χ4n) is 5.02. The van der Waals surface area contributed by atoms with Crippen LogP contribution in [-0.4, -0.2) is 84.2 Å². The topological polar surface area (TPSA) is 151 Å². The van der Waals surface area contributed by atoms with Gasteiger partial charge in [0.1, 0.15) is 6.04 Å². The molecule has 0 aromatic carbocycles. The smallest absolute Gasteiger partial charge is 0.289 e. The second-order valence-corrected chi connectivity index (χ2v) is 14.0. The third kappa shape index (κ3) is 17.2. The number of carbonyl (C=O) groups is 4. The molecule has 1 aliphatic heterocycles. The third-order valence-electron chi connectivity index (χ3n) is 7.89. The monoisotopic (exact) mass is 693 g/mol. The summed E-state index contributed by atoms with van der Waals surface area (Å²) in [5.41, 5.74) is -0.711. The molecular formula is C37H68N6O6. The Morgan fingerprint density at radius 1 is 0.980 bits per heavy atom. The van der Waals surface area contributed by atoms with Gasteiger partial charge in [0.2, 0.25) is 17.6 Å². The van der Waals surface area contributed by atoms with Gasteiger partial charge in [-0.3, -0.25) is 34.6 Å². The Morgan fingerprint density at radius 3 is 2.14 bits per heavy atom. The van der Waals surface area contributed by atoms with Crippen molar-refractivity contribution >= 4 is 23.5 Å². The molecule has 0 unspecified atom stereocenters. The van der Waals surface area contributed by atoms with Gasteiger partial charge in [0.25, 0.3) is 11.5 Å². The molecule has 3 amide bonds. The van der Waals surface area contributed by atoms with Crippen LogP contribution in [-0.2, 0) is 30.5 Å². The van der Waals surface area contributed by atoms with Crippen molar-refractivity contribution in [1.29, 1.82) is 0 Å². The number of ether oxygens (including phenoxy) is 1. The Bertz CT molecular complexity index is 1200. The average Bonchev–Trinajstić information content (AvgIpc) is 3.50. The van der Waals surface area contributed by atoms with E-state index in [0.29, 0.717) is 25.9 Å². The molecular weight excluding hydrogens is 624 g/mol. The first kappa shape index (κ1) is 47.8. The molecule has 1 aliphatic rings. The van der Waals surface area contributed by atoms with E-state index in [1.165, 1.54) is 36.3 Å². The number of likely N-dealkylation sites (tertiary alicyclic amines) is 1. The summed E-state index contributed by atoms with van der Waals surface area (Å²) in [4.78, 5) is 64.1. The van der Waals surface area contributed by atoms with Gasteiger partial charge in [0, 0.05) is 37.9 Å². The molecule has 49 heavy (non-hydrogen) atoms. The number of rotatable bonds is 17. The van der Waals surface area contributed by atoms with Crippen molar-refractivity contribution in [3.05, 3.63) is 47.4 Å². The van der Waals surface area contributed by atoms with Crippen LogP contribution in [0.1, 0.15) is 102 Å². The van der Waals surface area contributed by atoms with Crippen LogP contribution in [0.4, 0.5) is 0 Å². The maximum Gasteiger partial charge on any atom is 0.289 e. The lowest BCUT2D eigenvalue weighted by atomic mass is 9.85.